The zero-order chi connectivity index (χ0) is 21.5. The molecule has 0 spiro atoms. The molecular formula is C24H27N5O2. The molecule has 0 radical (unpaired) electrons. The minimum atomic E-state index is -0.0472. The van der Waals surface area contributed by atoms with Crippen LogP contribution < -0.4 is 26.7 Å². The summed E-state index contributed by atoms with van der Waals surface area (Å²) in [7, 11) is 0. The first-order valence-electron chi connectivity index (χ1n) is 10.4. The van der Waals surface area contributed by atoms with Crippen LogP contribution in [0.1, 0.15) is 40.1 Å². The number of hydrogen-bond donors (Lipinski definition) is 4. The lowest BCUT2D eigenvalue weighted by Gasteiger charge is -2.21. The largest absolute Gasteiger partial charge is 0.489 e. The number of rotatable bonds is 8. The lowest BCUT2D eigenvalue weighted by molar-refractivity contribution is 0.0752. The Hall–Kier alpha value is -3.23. The van der Waals surface area contributed by atoms with Crippen molar-refractivity contribution in [3.63, 3.8) is 0 Å². The highest BCUT2D eigenvalue weighted by Crippen LogP contribution is 2.18. The van der Waals surface area contributed by atoms with Crippen molar-refractivity contribution in [1.29, 1.82) is 0 Å². The molecule has 31 heavy (non-hydrogen) atoms. The molecule has 160 valence electrons. The molecule has 1 aliphatic rings. The van der Waals surface area contributed by atoms with E-state index in [9.17, 15) is 4.79 Å². The van der Waals surface area contributed by atoms with Crippen molar-refractivity contribution in [2.45, 2.75) is 26.2 Å². The van der Waals surface area contributed by atoms with Gasteiger partial charge in [0.15, 0.2) is 0 Å². The fourth-order valence-electron chi connectivity index (χ4n) is 3.40. The Labute approximate surface area is 182 Å². The minimum Gasteiger partial charge on any atom is -0.489 e. The summed E-state index contributed by atoms with van der Waals surface area (Å²) in [6.45, 7) is 3.71. The Balaban J connectivity index is 1.35. The number of hydrogen-bond acceptors (Lipinski definition) is 6. The second-order valence-electron chi connectivity index (χ2n) is 7.33. The maximum Gasteiger partial charge on any atom is 0.254 e. The molecule has 0 saturated carbocycles. The normalized spacial score (nSPS) is 13.8. The van der Waals surface area contributed by atoms with Crippen LogP contribution in [-0.2, 0) is 13.2 Å². The third-order valence-electron chi connectivity index (χ3n) is 5.20. The van der Waals surface area contributed by atoms with Crippen LogP contribution in [0.15, 0.2) is 78.9 Å². The van der Waals surface area contributed by atoms with E-state index in [0.29, 0.717) is 25.3 Å². The summed E-state index contributed by atoms with van der Waals surface area (Å²) in [4.78, 5) is 14.8. The first kappa shape index (κ1) is 21.0. The van der Waals surface area contributed by atoms with E-state index in [0.717, 1.165) is 22.4 Å². The number of nitrogens with zero attached hydrogens (tertiary/aromatic N) is 1. The first-order chi connectivity index (χ1) is 15.2. The summed E-state index contributed by atoms with van der Waals surface area (Å²) in [5.41, 5.74) is 15.5. The van der Waals surface area contributed by atoms with Crippen LogP contribution in [0.25, 0.3) is 0 Å². The zero-order valence-corrected chi connectivity index (χ0v) is 17.5. The minimum absolute atomic E-state index is 0.0158. The maximum absolute atomic E-state index is 13.0. The van der Waals surface area contributed by atoms with E-state index >= 15 is 0 Å². The van der Waals surface area contributed by atoms with Gasteiger partial charge in [-0.3, -0.25) is 4.79 Å². The molecule has 0 aliphatic carbocycles. The van der Waals surface area contributed by atoms with Gasteiger partial charge < -0.3 is 9.64 Å². The molecule has 7 heteroatoms. The van der Waals surface area contributed by atoms with Gasteiger partial charge in [-0.05, 0) is 47.9 Å². The van der Waals surface area contributed by atoms with Crippen molar-refractivity contribution in [2.24, 2.45) is 0 Å². The predicted octanol–water partition coefficient (Wildman–Crippen LogP) is 3.04. The molecule has 0 aromatic heterocycles. The molecule has 1 heterocycles. The molecule has 3 aromatic carbocycles. The summed E-state index contributed by atoms with van der Waals surface area (Å²) in [6, 6.07) is 25.6. The third kappa shape index (κ3) is 5.48. The van der Waals surface area contributed by atoms with Gasteiger partial charge in [-0.15, -0.1) is 0 Å². The van der Waals surface area contributed by atoms with Crippen molar-refractivity contribution >= 4 is 5.91 Å². The Bertz CT molecular complexity index is 971. The van der Waals surface area contributed by atoms with Crippen LogP contribution >= 0.6 is 0 Å². The topological polar surface area (TPSA) is 77.7 Å². The van der Waals surface area contributed by atoms with E-state index in [4.69, 9.17) is 4.74 Å². The van der Waals surface area contributed by atoms with E-state index in [1.807, 2.05) is 90.7 Å². The highest BCUT2D eigenvalue weighted by atomic mass is 16.5. The van der Waals surface area contributed by atoms with E-state index in [1.54, 1.807) is 0 Å². The molecular weight excluding hydrogens is 390 g/mol. The zero-order valence-electron chi connectivity index (χ0n) is 17.5. The summed E-state index contributed by atoms with van der Waals surface area (Å²) >= 11 is 0. The highest BCUT2D eigenvalue weighted by molar-refractivity contribution is 5.94. The van der Waals surface area contributed by atoms with Crippen LogP contribution in [0.3, 0.4) is 0 Å². The van der Waals surface area contributed by atoms with Gasteiger partial charge in [0.25, 0.3) is 5.91 Å². The van der Waals surface area contributed by atoms with Gasteiger partial charge in [-0.25, -0.2) is 10.9 Å². The second-order valence-corrected chi connectivity index (χ2v) is 7.33. The fraction of sp³-hybridized carbons (Fsp3) is 0.208. The number of carbonyl (C=O) groups excluding carboxylic acids is 1. The molecule has 1 amide bonds. The third-order valence-corrected chi connectivity index (χ3v) is 5.20. The first-order valence-corrected chi connectivity index (χ1v) is 10.4. The van der Waals surface area contributed by atoms with Gasteiger partial charge in [0.2, 0.25) is 0 Å². The number of ether oxygens (including phenoxy) is 1. The highest BCUT2D eigenvalue weighted by Gasteiger charge is 2.18. The average molecular weight is 418 g/mol. The summed E-state index contributed by atoms with van der Waals surface area (Å²) in [6.07, 6.45) is -0.0472. The van der Waals surface area contributed by atoms with E-state index in [2.05, 4.69) is 21.9 Å². The van der Waals surface area contributed by atoms with Crippen LogP contribution in [0, 0.1) is 0 Å². The maximum atomic E-state index is 13.0. The Morgan fingerprint density at radius 3 is 2.19 bits per heavy atom. The number of amides is 1. The molecule has 1 aliphatic heterocycles. The Morgan fingerprint density at radius 2 is 1.55 bits per heavy atom. The molecule has 0 atom stereocenters. The van der Waals surface area contributed by atoms with Crippen LogP contribution in [0.5, 0.6) is 5.75 Å². The molecule has 4 N–H and O–H groups in total. The van der Waals surface area contributed by atoms with Gasteiger partial charge in [-0.2, -0.15) is 11.1 Å². The lowest BCUT2D eigenvalue weighted by atomic mass is 10.1. The van der Waals surface area contributed by atoms with Crippen molar-refractivity contribution < 1.29 is 9.53 Å². The lowest BCUT2D eigenvalue weighted by Crippen LogP contribution is -2.33. The van der Waals surface area contributed by atoms with E-state index in [-0.39, 0.29) is 12.1 Å². The molecule has 1 saturated heterocycles. The molecule has 7 nitrogen and oxygen atoms in total. The summed E-state index contributed by atoms with van der Waals surface area (Å²) < 4.78 is 5.85. The van der Waals surface area contributed by atoms with E-state index in [1.165, 1.54) is 0 Å². The summed E-state index contributed by atoms with van der Waals surface area (Å²) in [5.74, 6) is 0.831. The van der Waals surface area contributed by atoms with Crippen LogP contribution in [-0.4, -0.2) is 17.4 Å². The SMILES string of the molecule is CCN(Cc1ccc(OCc2ccccc2)cc1)C(=O)c1ccc(C2NNNN2)cc1. The Morgan fingerprint density at radius 1 is 0.871 bits per heavy atom. The monoisotopic (exact) mass is 417 g/mol. The van der Waals surface area contributed by atoms with Crippen molar-refractivity contribution in [1.82, 2.24) is 26.8 Å². The number of benzene rings is 3. The summed E-state index contributed by atoms with van der Waals surface area (Å²) in [5, 5.41) is 0. The van der Waals surface area contributed by atoms with Gasteiger partial charge in [0.05, 0.1) is 0 Å². The van der Waals surface area contributed by atoms with Crippen LogP contribution in [0.4, 0.5) is 0 Å². The number of hydrazine groups is 3. The number of carbonyl (C=O) groups is 1. The predicted molar refractivity (Wildman–Crippen MR) is 119 cm³/mol. The van der Waals surface area contributed by atoms with Crippen molar-refractivity contribution in [3.05, 3.63) is 101 Å². The molecule has 0 bridgehead atoms. The quantitative estimate of drug-likeness (QED) is 0.451. The van der Waals surface area contributed by atoms with E-state index < -0.39 is 0 Å². The van der Waals surface area contributed by atoms with Crippen molar-refractivity contribution in [2.75, 3.05) is 6.54 Å². The second kappa shape index (κ2) is 10.2. The standard InChI is InChI=1S/C24H27N5O2/c1-2-29(24(30)21-12-10-20(11-13-21)23-25-27-28-26-23)16-18-8-14-22(15-9-18)31-17-19-6-4-3-5-7-19/h3-15,23,25-28H,2,16-17H2,1H3. The fourth-order valence-corrected chi connectivity index (χ4v) is 3.40. The van der Waals surface area contributed by atoms with Gasteiger partial charge in [-0.1, -0.05) is 54.6 Å². The van der Waals surface area contributed by atoms with Crippen molar-refractivity contribution in [3.8, 4) is 5.75 Å². The average Bonchev–Trinajstić information content (AvgIpc) is 3.37. The van der Waals surface area contributed by atoms with Gasteiger partial charge in [0.1, 0.15) is 18.5 Å². The number of nitrogens with one attached hydrogen (secondary N) is 4. The molecule has 4 rings (SSSR count). The molecule has 3 aromatic rings. The molecule has 1 fully saturated rings. The smallest absolute Gasteiger partial charge is 0.254 e. The Kier molecular flexibility index (Phi) is 6.91. The molecule has 0 unspecified atom stereocenters. The van der Waals surface area contributed by atoms with Crippen LogP contribution in [0.2, 0.25) is 0 Å². The van der Waals surface area contributed by atoms with Gasteiger partial charge in [0, 0.05) is 18.7 Å². The van der Waals surface area contributed by atoms with Gasteiger partial charge >= 0.3 is 0 Å².